The van der Waals surface area contributed by atoms with E-state index in [2.05, 4.69) is 10.6 Å². The summed E-state index contributed by atoms with van der Waals surface area (Å²) in [5.41, 5.74) is 1.57. The summed E-state index contributed by atoms with van der Waals surface area (Å²) in [6.45, 7) is 4.09. The SMILES string of the molecule is CCOCCOc1cccc(C(=O)NC(=S)NCc2ccccc2)c1. The quantitative estimate of drug-likeness (QED) is 0.561. The third kappa shape index (κ3) is 6.91. The van der Waals surface area contributed by atoms with E-state index in [1.54, 1.807) is 24.3 Å². The minimum absolute atomic E-state index is 0.277. The van der Waals surface area contributed by atoms with E-state index in [-0.39, 0.29) is 11.0 Å². The number of benzene rings is 2. The number of hydrogen-bond donors (Lipinski definition) is 2. The number of ether oxygens (including phenoxy) is 2. The number of carbonyl (C=O) groups excluding carboxylic acids is 1. The van der Waals surface area contributed by atoms with E-state index in [1.807, 2.05) is 37.3 Å². The third-order valence-electron chi connectivity index (χ3n) is 3.32. The van der Waals surface area contributed by atoms with Gasteiger partial charge < -0.3 is 14.8 Å². The molecule has 0 aliphatic rings. The Balaban J connectivity index is 1.82. The Morgan fingerprint density at radius 3 is 2.64 bits per heavy atom. The normalized spacial score (nSPS) is 10.1. The fourth-order valence-corrected chi connectivity index (χ4v) is 2.25. The van der Waals surface area contributed by atoms with Crippen LogP contribution in [0.4, 0.5) is 0 Å². The van der Waals surface area contributed by atoms with Crippen molar-refractivity contribution < 1.29 is 14.3 Å². The van der Waals surface area contributed by atoms with E-state index in [1.165, 1.54) is 0 Å². The van der Waals surface area contributed by atoms with Crippen LogP contribution in [0.3, 0.4) is 0 Å². The molecule has 0 fully saturated rings. The predicted molar refractivity (Wildman–Crippen MR) is 102 cm³/mol. The van der Waals surface area contributed by atoms with Gasteiger partial charge in [0.05, 0.1) is 6.61 Å². The first-order valence-electron chi connectivity index (χ1n) is 8.12. The topological polar surface area (TPSA) is 59.6 Å². The van der Waals surface area contributed by atoms with Gasteiger partial charge in [-0.25, -0.2) is 0 Å². The number of rotatable bonds is 8. The monoisotopic (exact) mass is 358 g/mol. The average Bonchev–Trinajstić information content (AvgIpc) is 2.65. The van der Waals surface area contributed by atoms with E-state index >= 15 is 0 Å². The zero-order chi connectivity index (χ0) is 17.9. The molecule has 0 aliphatic heterocycles. The Labute approximate surface area is 153 Å². The number of amides is 1. The summed E-state index contributed by atoms with van der Waals surface area (Å²) < 4.78 is 10.8. The van der Waals surface area contributed by atoms with Gasteiger partial charge in [0.15, 0.2) is 5.11 Å². The lowest BCUT2D eigenvalue weighted by Crippen LogP contribution is -2.38. The van der Waals surface area contributed by atoms with Crippen LogP contribution in [-0.2, 0) is 11.3 Å². The molecular formula is C19H22N2O3S. The van der Waals surface area contributed by atoms with Gasteiger partial charge in [-0.15, -0.1) is 0 Å². The van der Waals surface area contributed by atoms with Gasteiger partial charge in [-0.05, 0) is 42.9 Å². The zero-order valence-electron chi connectivity index (χ0n) is 14.2. The Morgan fingerprint density at radius 2 is 1.88 bits per heavy atom. The Bertz CT molecular complexity index is 692. The molecule has 0 heterocycles. The molecule has 0 aliphatic carbocycles. The number of hydrogen-bond acceptors (Lipinski definition) is 4. The summed E-state index contributed by atoms with van der Waals surface area (Å²) in [5.74, 6) is 0.344. The summed E-state index contributed by atoms with van der Waals surface area (Å²) >= 11 is 5.17. The van der Waals surface area contributed by atoms with E-state index < -0.39 is 0 Å². The summed E-state index contributed by atoms with van der Waals surface area (Å²) in [7, 11) is 0. The molecule has 0 atom stereocenters. The molecule has 0 saturated carbocycles. The van der Waals surface area contributed by atoms with Gasteiger partial charge >= 0.3 is 0 Å². The molecule has 25 heavy (non-hydrogen) atoms. The number of thiocarbonyl (C=S) groups is 1. The van der Waals surface area contributed by atoms with Gasteiger partial charge in [-0.2, -0.15) is 0 Å². The smallest absolute Gasteiger partial charge is 0.257 e. The highest BCUT2D eigenvalue weighted by molar-refractivity contribution is 7.80. The van der Waals surface area contributed by atoms with Crippen LogP contribution in [0.1, 0.15) is 22.8 Å². The molecular weight excluding hydrogens is 336 g/mol. The lowest BCUT2D eigenvalue weighted by molar-refractivity contribution is 0.0975. The van der Waals surface area contributed by atoms with Crippen LogP contribution >= 0.6 is 12.2 Å². The highest BCUT2D eigenvalue weighted by Gasteiger charge is 2.09. The Morgan fingerprint density at radius 1 is 1.08 bits per heavy atom. The molecule has 0 radical (unpaired) electrons. The van der Waals surface area contributed by atoms with Crippen molar-refractivity contribution in [3.63, 3.8) is 0 Å². The van der Waals surface area contributed by atoms with Crippen molar-refractivity contribution in [2.24, 2.45) is 0 Å². The molecule has 2 N–H and O–H groups in total. The molecule has 2 aromatic carbocycles. The standard InChI is InChI=1S/C19H22N2O3S/c1-2-23-11-12-24-17-10-6-9-16(13-17)18(22)21-19(25)20-14-15-7-4-3-5-8-15/h3-10,13H,2,11-12,14H2,1H3,(H2,20,21,22,25). The van der Waals surface area contributed by atoms with Crippen molar-refractivity contribution in [3.05, 3.63) is 65.7 Å². The first-order valence-corrected chi connectivity index (χ1v) is 8.53. The van der Waals surface area contributed by atoms with E-state index in [0.29, 0.717) is 37.7 Å². The number of carbonyl (C=O) groups is 1. The molecule has 0 aromatic heterocycles. The first-order chi connectivity index (χ1) is 12.2. The van der Waals surface area contributed by atoms with E-state index in [0.717, 1.165) is 5.56 Å². The van der Waals surface area contributed by atoms with Crippen LogP contribution in [0.5, 0.6) is 5.75 Å². The molecule has 0 spiro atoms. The molecule has 2 aromatic rings. The fourth-order valence-electron chi connectivity index (χ4n) is 2.09. The van der Waals surface area contributed by atoms with E-state index in [9.17, 15) is 4.79 Å². The van der Waals surface area contributed by atoms with Crippen LogP contribution in [-0.4, -0.2) is 30.8 Å². The van der Waals surface area contributed by atoms with Crippen molar-refractivity contribution in [2.45, 2.75) is 13.5 Å². The minimum Gasteiger partial charge on any atom is -0.491 e. The lowest BCUT2D eigenvalue weighted by Gasteiger charge is -2.11. The Kier molecular flexibility index (Phi) is 7.88. The summed E-state index contributed by atoms with van der Waals surface area (Å²) in [6.07, 6.45) is 0. The summed E-state index contributed by atoms with van der Waals surface area (Å²) in [4.78, 5) is 12.3. The summed E-state index contributed by atoms with van der Waals surface area (Å²) in [5, 5.41) is 5.97. The van der Waals surface area contributed by atoms with Gasteiger partial charge in [0.25, 0.3) is 5.91 Å². The second kappa shape index (κ2) is 10.4. The highest BCUT2D eigenvalue weighted by Crippen LogP contribution is 2.13. The maximum Gasteiger partial charge on any atom is 0.257 e. The van der Waals surface area contributed by atoms with Crippen LogP contribution in [0.2, 0.25) is 0 Å². The van der Waals surface area contributed by atoms with Crippen LogP contribution < -0.4 is 15.4 Å². The van der Waals surface area contributed by atoms with Crippen molar-refractivity contribution in [1.82, 2.24) is 10.6 Å². The van der Waals surface area contributed by atoms with Gasteiger partial charge in [-0.1, -0.05) is 36.4 Å². The summed E-state index contributed by atoms with van der Waals surface area (Å²) in [6, 6.07) is 16.8. The van der Waals surface area contributed by atoms with Gasteiger partial charge in [0.2, 0.25) is 0 Å². The third-order valence-corrected chi connectivity index (χ3v) is 3.57. The maximum atomic E-state index is 12.3. The van der Waals surface area contributed by atoms with Gasteiger partial charge in [0, 0.05) is 18.7 Å². The maximum absolute atomic E-state index is 12.3. The molecule has 6 heteroatoms. The van der Waals surface area contributed by atoms with Crippen molar-refractivity contribution >= 4 is 23.2 Å². The first kappa shape index (κ1) is 18.9. The van der Waals surface area contributed by atoms with Crippen LogP contribution in [0.25, 0.3) is 0 Å². The predicted octanol–water partition coefficient (Wildman–Crippen LogP) is 2.91. The van der Waals surface area contributed by atoms with Crippen molar-refractivity contribution in [2.75, 3.05) is 19.8 Å². The number of nitrogens with one attached hydrogen (secondary N) is 2. The van der Waals surface area contributed by atoms with Gasteiger partial charge in [0.1, 0.15) is 12.4 Å². The molecule has 0 saturated heterocycles. The van der Waals surface area contributed by atoms with Crippen molar-refractivity contribution in [3.8, 4) is 5.75 Å². The second-order valence-corrected chi connectivity index (χ2v) is 5.60. The molecule has 0 bridgehead atoms. The van der Waals surface area contributed by atoms with E-state index in [4.69, 9.17) is 21.7 Å². The molecule has 5 nitrogen and oxygen atoms in total. The van der Waals surface area contributed by atoms with Crippen LogP contribution in [0, 0.1) is 0 Å². The van der Waals surface area contributed by atoms with Crippen LogP contribution in [0.15, 0.2) is 54.6 Å². The molecule has 2 rings (SSSR count). The zero-order valence-corrected chi connectivity index (χ0v) is 15.0. The molecule has 0 unspecified atom stereocenters. The molecule has 1 amide bonds. The molecule has 132 valence electrons. The minimum atomic E-state index is -0.277. The largest absolute Gasteiger partial charge is 0.491 e. The fraction of sp³-hybridized carbons (Fsp3) is 0.263. The second-order valence-electron chi connectivity index (χ2n) is 5.20. The highest BCUT2D eigenvalue weighted by atomic mass is 32.1. The van der Waals surface area contributed by atoms with Gasteiger partial charge in [-0.3, -0.25) is 10.1 Å². The van der Waals surface area contributed by atoms with Crippen molar-refractivity contribution in [1.29, 1.82) is 0 Å². The Hall–Kier alpha value is -2.44. The average molecular weight is 358 g/mol. The lowest BCUT2D eigenvalue weighted by atomic mass is 10.2.